The lowest BCUT2D eigenvalue weighted by molar-refractivity contribution is -0.128. The maximum absolute atomic E-state index is 13.2. The first-order valence-corrected chi connectivity index (χ1v) is 7.48. The number of nitrogens with zero attached hydrogens (tertiary/aromatic N) is 3. The standard InChI is InChI=1S/C15H15ClFN3O2/c1-2-13-18-15(22-19-13)10-6-14(21)20(8-10)7-9-3-4-12(17)11(16)5-9/h3-5,10H,2,6-8H2,1H3. The maximum Gasteiger partial charge on any atom is 0.232 e. The van der Waals surface area contributed by atoms with Gasteiger partial charge in [-0.1, -0.05) is 29.7 Å². The molecule has 0 aliphatic carbocycles. The van der Waals surface area contributed by atoms with Crippen molar-refractivity contribution in [3.8, 4) is 0 Å². The summed E-state index contributed by atoms with van der Waals surface area (Å²) < 4.78 is 18.4. The Hall–Kier alpha value is -1.95. The number of carbonyl (C=O) groups is 1. The molecule has 1 aromatic heterocycles. The number of amides is 1. The maximum atomic E-state index is 13.2. The molecular weight excluding hydrogens is 309 g/mol. The Kier molecular flexibility index (Phi) is 4.11. The van der Waals surface area contributed by atoms with Crippen molar-refractivity contribution < 1.29 is 13.7 Å². The third kappa shape index (κ3) is 2.97. The first-order valence-electron chi connectivity index (χ1n) is 7.11. The number of hydrogen-bond donors (Lipinski definition) is 0. The van der Waals surface area contributed by atoms with E-state index in [0.29, 0.717) is 37.6 Å². The summed E-state index contributed by atoms with van der Waals surface area (Å²) in [5.41, 5.74) is 0.792. The highest BCUT2D eigenvalue weighted by Crippen LogP contribution is 2.28. The van der Waals surface area contributed by atoms with Crippen molar-refractivity contribution in [2.24, 2.45) is 0 Å². The fourth-order valence-electron chi connectivity index (χ4n) is 2.53. The fraction of sp³-hybridized carbons (Fsp3) is 0.400. The molecule has 0 radical (unpaired) electrons. The van der Waals surface area contributed by atoms with Gasteiger partial charge in [-0.05, 0) is 17.7 Å². The zero-order valence-corrected chi connectivity index (χ0v) is 12.8. The van der Waals surface area contributed by atoms with Gasteiger partial charge in [0.2, 0.25) is 11.8 Å². The summed E-state index contributed by atoms with van der Waals surface area (Å²) in [6.45, 7) is 2.85. The average Bonchev–Trinajstić information content (AvgIpc) is 3.10. The van der Waals surface area contributed by atoms with Gasteiger partial charge in [0.25, 0.3) is 0 Å². The number of aryl methyl sites for hydroxylation is 1. The number of halogens is 2. The summed E-state index contributed by atoms with van der Waals surface area (Å²) in [6.07, 6.45) is 1.04. The van der Waals surface area contributed by atoms with Crippen molar-refractivity contribution in [2.45, 2.75) is 32.2 Å². The Labute approximate surface area is 132 Å². The highest BCUT2D eigenvalue weighted by Gasteiger charge is 2.34. The lowest BCUT2D eigenvalue weighted by atomic mass is 10.1. The van der Waals surface area contributed by atoms with E-state index in [4.69, 9.17) is 16.1 Å². The predicted molar refractivity (Wildman–Crippen MR) is 77.9 cm³/mol. The van der Waals surface area contributed by atoms with Gasteiger partial charge < -0.3 is 9.42 Å². The minimum atomic E-state index is -0.464. The molecule has 1 unspecified atom stereocenters. The van der Waals surface area contributed by atoms with Gasteiger partial charge in [0.1, 0.15) is 5.82 Å². The molecule has 1 aliphatic heterocycles. The first kappa shape index (κ1) is 15.0. The molecule has 3 rings (SSSR count). The number of hydrogen-bond acceptors (Lipinski definition) is 4. The van der Waals surface area contributed by atoms with Crippen LogP contribution in [0.2, 0.25) is 5.02 Å². The normalized spacial score (nSPS) is 18.2. The van der Waals surface area contributed by atoms with Crippen LogP contribution >= 0.6 is 11.6 Å². The SMILES string of the molecule is CCc1noc(C2CC(=O)N(Cc3ccc(F)c(Cl)c3)C2)n1. The smallest absolute Gasteiger partial charge is 0.232 e. The highest BCUT2D eigenvalue weighted by atomic mass is 35.5. The van der Waals surface area contributed by atoms with Crippen molar-refractivity contribution in [1.82, 2.24) is 15.0 Å². The molecule has 1 fully saturated rings. The second-order valence-electron chi connectivity index (χ2n) is 5.33. The van der Waals surface area contributed by atoms with Gasteiger partial charge in [-0.2, -0.15) is 4.98 Å². The zero-order valence-electron chi connectivity index (χ0n) is 12.1. The molecule has 1 saturated heterocycles. The minimum absolute atomic E-state index is 0.0155. The van der Waals surface area contributed by atoms with E-state index >= 15 is 0 Å². The van der Waals surface area contributed by atoms with Crippen molar-refractivity contribution in [3.63, 3.8) is 0 Å². The molecule has 0 saturated carbocycles. The zero-order chi connectivity index (χ0) is 15.7. The lowest BCUT2D eigenvalue weighted by Crippen LogP contribution is -2.24. The average molecular weight is 324 g/mol. The number of carbonyl (C=O) groups excluding carboxylic acids is 1. The Balaban J connectivity index is 1.70. The van der Waals surface area contributed by atoms with Gasteiger partial charge >= 0.3 is 0 Å². The monoisotopic (exact) mass is 323 g/mol. The van der Waals surface area contributed by atoms with E-state index < -0.39 is 5.82 Å². The molecule has 0 spiro atoms. The lowest BCUT2D eigenvalue weighted by Gasteiger charge is -2.16. The van der Waals surface area contributed by atoms with Crippen LogP contribution in [-0.2, 0) is 17.8 Å². The number of likely N-dealkylation sites (tertiary alicyclic amines) is 1. The van der Waals surface area contributed by atoms with Gasteiger partial charge in [0, 0.05) is 25.9 Å². The molecule has 1 aromatic carbocycles. The van der Waals surface area contributed by atoms with E-state index in [1.165, 1.54) is 6.07 Å². The van der Waals surface area contributed by atoms with Crippen molar-refractivity contribution in [1.29, 1.82) is 0 Å². The van der Waals surface area contributed by atoms with Crippen molar-refractivity contribution >= 4 is 17.5 Å². The van der Waals surface area contributed by atoms with Gasteiger partial charge in [-0.3, -0.25) is 4.79 Å². The molecule has 1 aliphatic rings. The molecule has 1 atom stereocenters. The van der Waals surface area contributed by atoms with Crippen LogP contribution in [0.1, 0.15) is 36.5 Å². The summed E-state index contributed by atoms with van der Waals surface area (Å²) in [7, 11) is 0. The van der Waals surface area contributed by atoms with Crippen LogP contribution in [0.5, 0.6) is 0 Å². The largest absolute Gasteiger partial charge is 0.339 e. The number of benzene rings is 1. The third-order valence-corrected chi connectivity index (χ3v) is 4.01. The summed E-state index contributed by atoms with van der Waals surface area (Å²) in [4.78, 5) is 18.1. The second-order valence-corrected chi connectivity index (χ2v) is 5.73. The summed E-state index contributed by atoms with van der Waals surface area (Å²) in [5.74, 6) is 0.614. The summed E-state index contributed by atoms with van der Waals surface area (Å²) in [6, 6.07) is 4.48. The molecule has 0 N–H and O–H groups in total. The van der Waals surface area contributed by atoms with Gasteiger partial charge in [-0.15, -0.1) is 0 Å². The van der Waals surface area contributed by atoms with Crippen LogP contribution < -0.4 is 0 Å². The van der Waals surface area contributed by atoms with E-state index in [1.54, 1.807) is 17.0 Å². The van der Waals surface area contributed by atoms with E-state index in [2.05, 4.69) is 10.1 Å². The Morgan fingerprint density at radius 2 is 2.32 bits per heavy atom. The van der Waals surface area contributed by atoms with Gasteiger partial charge in [-0.25, -0.2) is 4.39 Å². The van der Waals surface area contributed by atoms with Crippen molar-refractivity contribution in [3.05, 3.63) is 46.3 Å². The second kappa shape index (κ2) is 6.04. The molecule has 1 amide bonds. The minimum Gasteiger partial charge on any atom is -0.339 e. The Morgan fingerprint density at radius 1 is 1.50 bits per heavy atom. The highest BCUT2D eigenvalue weighted by molar-refractivity contribution is 6.30. The van der Waals surface area contributed by atoms with Crippen LogP contribution in [-0.4, -0.2) is 27.5 Å². The van der Waals surface area contributed by atoms with Crippen LogP contribution in [0.25, 0.3) is 0 Å². The van der Waals surface area contributed by atoms with Crippen LogP contribution in [0, 0.1) is 5.82 Å². The molecule has 22 heavy (non-hydrogen) atoms. The fourth-order valence-corrected chi connectivity index (χ4v) is 2.73. The van der Waals surface area contributed by atoms with E-state index in [0.717, 1.165) is 5.56 Å². The first-order chi connectivity index (χ1) is 10.6. The molecule has 2 aromatic rings. The van der Waals surface area contributed by atoms with Gasteiger partial charge in [0.05, 0.1) is 10.9 Å². The van der Waals surface area contributed by atoms with Crippen LogP contribution in [0.15, 0.2) is 22.7 Å². The summed E-state index contributed by atoms with van der Waals surface area (Å²) in [5, 5.41) is 3.92. The number of aromatic nitrogens is 2. The molecule has 2 heterocycles. The van der Waals surface area contributed by atoms with Crippen LogP contribution in [0.3, 0.4) is 0 Å². The Morgan fingerprint density at radius 3 is 3.00 bits per heavy atom. The molecule has 5 nitrogen and oxygen atoms in total. The van der Waals surface area contributed by atoms with Crippen molar-refractivity contribution in [2.75, 3.05) is 6.54 Å². The molecular formula is C15H15ClFN3O2. The molecule has 116 valence electrons. The quantitative estimate of drug-likeness (QED) is 0.868. The summed E-state index contributed by atoms with van der Waals surface area (Å²) >= 11 is 5.77. The van der Waals surface area contributed by atoms with Crippen LogP contribution in [0.4, 0.5) is 4.39 Å². The van der Waals surface area contributed by atoms with Gasteiger partial charge in [0.15, 0.2) is 5.82 Å². The molecule has 7 heteroatoms. The predicted octanol–water partition coefficient (Wildman–Crippen LogP) is 2.94. The Bertz CT molecular complexity index is 704. The third-order valence-electron chi connectivity index (χ3n) is 3.72. The van der Waals surface area contributed by atoms with E-state index in [9.17, 15) is 9.18 Å². The topological polar surface area (TPSA) is 59.2 Å². The van der Waals surface area contributed by atoms with E-state index in [1.807, 2.05) is 6.92 Å². The molecule has 0 bridgehead atoms. The number of rotatable bonds is 4. The van der Waals surface area contributed by atoms with E-state index in [-0.39, 0.29) is 16.8 Å².